The lowest BCUT2D eigenvalue weighted by Gasteiger charge is -2.40. The van der Waals surface area contributed by atoms with E-state index in [4.69, 9.17) is 0 Å². The largest absolute Gasteiger partial charge is 0.316 e. The molecule has 3 nitrogen and oxygen atoms in total. The number of para-hydroxylation sites is 3. The molecule has 0 saturated carbocycles. The van der Waals surface area contributed by atoms with Gasteiger partial charge in [-0.2, -0.15) is 0 Å². The van der Waals surface area contributed by atoms with Gasteiger partial charge in [-0.25, -0.2) is 4.98 Å². The average Bonchev–Trinajstić information content (AvgIpc) is 2.82. The maximum Gasteiger partial charge on any atom is 0.134 e. The van der Waals surface area contributed by atoms with Crippen molar-refractivity contribution >= 4 is 22.9 Å². The van der Waals surface area contributed by atoms with Crippen molar-refractivity contribution in [1.82, 2.24) is 4.98 Å². The molecule has 1 aliphatic heterocycles. The van der Waals surface area contributed by atoms with Crippen LogP contribution in [0.25, 0.3) is 0 Å². The van der Waals surface area contributed by atoms with Crippen molar-refractivity contribution < 1.29 is 0 Å². The zero-order chi connectivity index (χ0) is 15.9. The van der Waals surface area contributed by atoms with Gasteiger partial charge in [0.25, 0.3) is 0 Å². The Morgan fingerprint density at radius 2 is 1.30 bits per heavy atom. The van der Waals surface area contributed by atoms with E-state index in [0.29, 0.717) is 0 Å². The molecule has 0 bridgehead atoms. The van der Waals surface area contributed by atoms with E-state index < -0.39 is 0 Å². The number of nitrogens with zero attached hydrogens (tertiary/aromatic N) is 3. The predicted octanol–water partition coefficient (Wildman–Crippen LogP) is 5.11. The maximum absolute atomic E-state index is 4.58. The summed E-state index contributed by atoms with van der Waals surface area (Å²) in [6.45, 7) is 4.46. The van der Waals surface area contributed by atoms with Gasteiger partial charge >= 0.3 is 0 Å². The molecule has 0 amide bonds. The summed E-state index contributed by atoms with van der Waals surface area (Å²) < 4.78 is 0. The van der Waals surface area contributed by atoms with Crippen molar-refractivity contribution in [1.29, 1.82) is 0 Å². The van der Waals surface area contributed by atoms with Crippen LogP contribution in [0.1, 0.15) is 13.8 Å². The van der Waals surface area contributed by atoms with Crippen molar-refractivity contribution in [2.24, 2.45) is 0 Å². The van der Waals surface area contributed by atoms with Gasteiger partial charge in [-0.3, -0.25) is 0 Å². The topological polar surface area (TPSA) is 19.4 Å². The number of rotatable bonds is 2. The molecular formula is C20H19N3. The zero-order valence-electron chi connectivity index (χ0n) is 13.3. The molecule has 2 heterocycles. The first-order valence-corrected chi connectivity index (χ1v) is 7.85. The zero-order valence-corrected chi connectivity index (χ0v) is 13.3. The van der Waals surface area contributed by atoms with Crippen LogP contribution >= 0.6 is 0 Å². The lowest BCUT2D eigenvalue weighted by atomic mass is 10.1. The van der Waals surface area contributed by atoms with E-state index in [1.165, 1.54) is 17.1 Å². The Balaban J connectivity index is 1.93. The highest BCUT2D eigenvalue weighted by Gasteiger charge is 2.44. The molecule has 1 aromatic heterocycles. The Morgan fingerprint density at radius 3 is 1.96 bits per heavy atom. The molecular weight excluding hydrogens is 282 g/mol. The number of hydrogen-bond acceptors (Lipinski definition) is 3. The third-order valence-electron chi connectivity index (χ3n) is 4.35. The van der Waals surface area contributed by atoms with Gasteiger partial charge in [0.05, 0.1) is 11.4 Å². The Bertz CT molecular complexity index is 744. The minimum absolute atomic E-state index is 0.251. The second kappa shape index (κ2) is 5.13. The number of benzene rings is 2. The Kier molecular flexibility index (Phi) is 3.08. The Hall–Kier alpha value is -2.81. The number of fused-ring (bicyclic) bond motifs is 1. The lowest BCUT2D eigenvalue weighted by molar-refractivity contribution is 0.536. The van der Waals surface area contributed by atoms with E-state index in [2.05, 4.69) is 89.3 Å². The monoisotopic (exact) mass is 301 g/mol. The van der Waals surface area contributed by atoms with Crippen molar-refractivity contribution in [2.45, 2.75) is 19.5 Å². The molecule has 0 aliphatic carbocycles. The second-order valence-corrected chi connectivity index (χ2v) is 6.18. The molecule has 0 N–H and O–H groups in total. The van der Waals surface area contributed by atoms with Crippen LogP contribution in [0.5, 0.6) is 0 Å². The molecule has 3 aromatic rings. The fraction of sp³-hybridized carbons (Fsp3) is 0.150. The number of aromatic nitrogens is 1. The average molecular weight is 301 g/mol. The molecule has 4 rings (SSSR count). The summed E-state index contributed by atoms with van der Waals surface area (Å²) in [5.74, 6) is 0.961. The van der Waals surface area contributed by atoms with Crippen LogP contribution in [0, 0.1) is 0 Å². The molecule has 0 atom stereocenters. The summed E-state index contributed by atoms with van der Waals surface area (Å²) in [5.41, 5.74) is 3.32. The van der Waals surface area contributed by atoms with Crippen LogP contribution < -0.4 is 9.80 Å². The van der Waals surface area contributed by atoms with Crippen molar-refractivity contribution in [3.63, 3.8) is 0 Å². The molecule has 0 radical (unpaired) electrons. The van der Waals surface area contributed by atoms with Gasteiger partial charge in [-0.05, 0) is 50.2 Å². The molecule has 23 heavy (non-hydrogen) atoms. The minimum atomic E-state index is -0.251. The highest BCUT2D eigenvalue weighted by Crippen LogP contribution is 2.51. The first-order chi connectivity index (χ1) is 11.2. The van der Waals surface area contributed by atoms with Gasteiger partial charge in [-0.1, -0.05) is 36.4 Å². The van der Waals surface area contributed by atoms with Gasteiger partial charge in [0.2, 0.25) is 0 Å². The number of anilines is 4. The summed E-state index contributed by atoms with van der Waals surface area (Å²) >= 11 is 0. The van der Waals surface area contributed by atoms with Crippen LogP contribution in [0.4, 0.5) is 22.9 Å². The summed E-state index contributed by atoms with van der Waals surface area (Å²) in [6.07, 6.45) is 1.85. The van der Waals surface area contributed by atoms with E-state index >= 15 is 0 Å². The second-order valence-electron chi connectivity index (χ2n) is 6.18. The quantitative estimate of drug-likeness (QED) is 0.656. The van der Waals surface area contributed by atoms with Crippen LogP contribution in [-0.4, -0.2) is 10.6 Å². The molecule has 0 unspecified atom stereocenters. The highest BCUT2D eigenvalue weighted by molar-refractivity contribution is 5.88. The van der Waals surface area contributed by atoms with Crippen molar-refractivity contribution in [2.75, 3.05) is 9.80 Å². The minimum Gasteiger partial charge on any atom is -0.316 e. The summed E-state index contributed by atoms with van der Waals surface area (Å²) in [7, 11) is 0. The van der Waals surface area contributed by atoms with Crippen molar-refractivity contribution in [3.8, 4) is 0 Å². The summed E-state index contributed by atoms with van der Waals surface area (Å²) in [5, 5.41) is 0. The van der Waals surface area contributed by atoms with Crippen LogP contribution in [0.15, 0.2) is 79.0 Å². The molecule has 0 fully saturated rings. The highest BCUT2D eigenvalue weighted by atomic mass is 15.5. The normalized spacial score (nSPS) is 15.6. The van der Waals surface area contributed by atoms with E-state index in [-0.39, 0.29) is 5.66 Å². The van der Waals surface area contributed by atoms with Crippen LogP contribution in [-0.2, 0) is 0 Å². The first kappa shape index (κ1) is 13.8. The molecule has 114 valence electrons. The molecule has 1 aliphatic rings. The fourth-order valence-corrected chi connectivity index (χ4v) is 3.45. The summed E-state index contributed by atoms with van der Waals surface area (Å²) in [6, 6.07) is 25.1. The standard InChI is InChI=1S/C20H19N3/c1-20(2)22(16-10-4-3-5-11-16)17-12-6-7-13-18(17)23(20)19-14-8-9-15-21-19/h3-15H,1-2H3. The van der Waals surface area contributed by atoms with Crippen LogP contribution in [0.2, 0.25) is 0 Å². The van der Waals surface area contributed by atoms with E-state index in [9.17, 15) is 0 Å². The van der Waals surface area contributed by atoms with Gasteiger partial charge in [0.15, 0.2) is 0 Å². The van der Waals surface area contributed by atoms with Gasteiger partial charge in [0.1, 0.15) is 11.5 Å². The lowest BCUT2D eigenvalue weighted by Crippen LogP contribution is -2.48. The smallest absolute Gasteiger partial charge is 0.134 e. The molecule has 0 spiro atoms. The SMILES string of the molecule is CC1(C)N(c2ccccc2)c2ccccc2N1c1ccccn1. The van der Waals surface area contributed by atoms with Crippen molar-refractivity contribution in [3.05, 3.63) is 79.0 Å². The molecule has 0 saturated heterocycles. The van der Waals surface area contributed by atoms with E-state index in [0.717, 1.165) is 5.82 Å². The Labute approximate surface area is 136 Å². The van der Waals surface area contributed by atoms with E-state index in [1.54, 1.807) is 0 Å². The number of hydrogen-bond donors (Lipinski definition) is 0. The molecule has 3 heteroatoms. The van der Waals surface area contributed by atoms with Gasteiger partial charge in [0, 0.05) is 11.9 Å². The fourth-order valence-electron chi connectivity index (χ4n) is 3.45. The van der Waals surface area contributed by atoms with Gasteiger partial charge in [-0.15, -0.1) is 0 Å². The predicted molar refractivity (Wildman–Crippen MR) is 95.5 cm³/mol. The summed E-state index contributed by atoms with van der Waals surface area (Å²) in [4.78, 5) is 9.26. The van der Waals surface area contributed by atoms with Crippen LogP contribution in [0.3, 0.4) is 0 Å². The third-order valence-corrected chi connectivity index (χ3v) is 4.35. The Morgan fingerprint density at radius 1 is 0.696 bits per heavy atom. The van der Waals surface area contributed by atoms with Gasteiger partial charge < -0.3 is 9.80 Å². The number of pyridine rings is 1. The maximum atomic E-state index is 4.58. The van der Waals surface area contributed by atoms with E-state index in [1.807, 2.05) is 18.3 Å². The first-order valence-electron chi connectivity index (χ1n) is 7.85. The molecule has 2 aromatic carbocycles. The third kappa shape index (κ3) is 2.08.